The van der Waals surface area contributed by atoms with E-state index in [2.05, 4.69) is 13.5 Å². The molecule has 9 nitrogen and oxygen atoms in total. The van der Waals surface area contributed by atoms with Crippen molar-refractivity contribution in [3.63, 3.8) is 0 Å². The second-order valence-electron chi connectivity index (χ2n) is 11.0. The summed E-state index contributed by atoms with van der Waals surface area (Å²) < 4.78 is 16.1. The molecule has 0 aromatic heterocycles. The lowest BCUT2D eigenvalue weighted by molar-refractivity contribution is -0.297. The smallest absolute Gasteiger partial charge is 0.334 e. The summed E-state index contributed by atoms with van der Waals surface area (Å²) in [7, 11) is 0. The molecule has 0 bridgehead atoms. The number of carbonyl (C=O) groups is 2. The number of allylic oxidation sites excluding steroid dienone is 1. The Kier molecular flexibility index (Phi) is 7.46. The molecule has 4 aliphatic rings. The molecule has 35 heavy (non-hydrogen) atoms. The number of fused-ring (bicyclic) bond motifs is 1. The Balaban J connectivity index is 1.52. The van der Waals surface area contributed by atoms with Gasteiger partial charge in [0.05, 0.1) is 12.0 Å². The maximum absolute atomic E-state index is 13.6. The van der Waals surface area contributed by atoms with Crippen molar-refractivity contribution >= 4 is 11.9 Å². The third kappa shape index (κ3) is 4.57. The van der Waals surface area contributed by atoms with E-state index in [-0.39, 0.29) is 23.2 Å². The van der Waals surface area contributed by atoms with Crippen molar-refractivity contribution in [3.8, 4) is 0 Å². The van der Waals surface area contributed by atoms with E-state index in [9.17, 15) is 30.0 Å². The van der Waals surface area contributed by atoms with Crippen LogP contribution < -0.4 is 0 Å². The van der Waals surface area contributed by atoms with E-state index in [0.717, 1.165) is 37.7 Å². The van der Waals surface area contributed by atoms with Crippen LogP contribution in [0.5, 0.6) is 0 Å². The number of aliphatic hydroxyl groups is 4. The summed E-state index contributed by atoms with van der Waals surface area (Å²) in [6.07, 6.45) is -0.305. The molecule has 1 saturated heterocycles. The van der Waals surface area contributed by atoms with Crippen LogP contribution in [0.15, 0.2) is 23.8 Å². The summed E-state index contributed by atoms with van der Waals surface area (Å²) in [5.74, 6) is -0.660. The van der Waals surface area contributed by atoms with Crippen LogP contribution in [0.3, 0.4) is 0 Å². The van der Waals surface area contributed by atoms with E-state index in [4.69, 9.17) is 14.2 Å². The third-order valence-corrected chi connectivity index (χ3v) is 9.07. The fraction of sp³-hybridized carbons (Fsp3) is 0.769. The molecule has 9 atom stereocenters. The second-order valence-corrected chi connectivity index (χ2v) is 11.0. The third-order valence-electron chi connectivity index (χ3n) is 9.07. The van der Waals surface area contributed by atoms with E-state index < -0.39 is 48.7 Å². The van der Waals surface area contributed by atoms with Crippen molar-refractivity contribution in [2.45, 2.75) is 89.5 Å². The Morgan fingerprint density at radius 3 is 2.60 bits per heavy atom. The monoisotopic (exact) mass is 494 g/mol. The first-order valence-corrected chi connectivity index (χ1v) is 12.6. The highest BCUT2D eigenvalue weighted by Gasteiger charge is 2.58. The average Bonchev–Trinajstić information content (AvgIpc) is 3.23. The molecule has 3 fully saturated rings. The van der Waals surface area contributed by atoms with Gasteiger partial charge in [-0.2, -0.15) is 0 Å². The minimum Gasteiger partial charge on any atom is -0.458 e. The minimum atomic E-state index is -1.63. The van der Waals surface area contributed by atoms with Crippen LogP contribution in [0.4, 0.5) is 0 Å². The molecule has 0 radical (unpaired) electrons. The summed E-state index contributed by atoms with van der Waals surface area (Å²) in [4.78, 5) is 25.5. The SMILES string of the molecule is C=C1CC[C@@H]2[C@](C)(CCC[C@@]2(C)C(=O)O[C@@H]2O[C@H](CO)[C@@H](O)[C@H](O)[C@H]2O)[C@H]1CCC1=CCOC1=O. The summed E-state index contributed by atoms with van der Waals surface area (Å²) in [5.41, 5.74) is 0.766. The zero-order valence-electron chi connectivity index (χ0n) is 20.5. The van der Waals surface area contributed by atoms with Crippen LogP contribution in [-0.4, -0.2) is 76.3 Å². The van der Waals surface area contributed by atoms with Gasteiger partial charge in [-0.3, -0.25) is 4.79 Å². The molecular weight excluding hydrogens is 456 g/mol. The first kappa shape index (κ1) is 26.3. The van der Waals surface area contributed by atoms with E-state index in [1.54, 1.807) is 0 Å². The number of carbonyl (C=O) groups excluding carboxylic acids is 2. The summed E-state index contributed by atoms with van der Waals surface area (Å²) in [6.45, 7) is 8.17. The number of hydrogen-bond acceptors (Lipinski definition) is 9. The van der Waals surface area contributed by atoms with Crippen molar-refractivity contribution in [1.82, 2.24) is 0 Å². The highest BCUT2D eigenvalue weighted by atomic mass is 16.7. The highest BCUT2D eigenvalue weighted by Crippen LogP contribution is 2.62. The minimum absolute atomic E-state index is 0.0128. The molecule has 0 aromatic carbocycles. The van der Waals surface area contributed by atoms with Crippen LogP contribution >= 0.6 is 0 Å². The maximum atomic E-state index is 13.6. The van der Waals surface area contributed by atoms with Crippen molar-refractivity contribution in [2.75, 3.05) is 13.2 Å². The van der Waals surface area contributed by atoms with Gasteiger partial charge in [-0.15, -0.1) is 0 Å². The molecule has 196 valence electrons. The van der Waals surface area contributed by atoms with Gasteiger partial charge in [-0.25, -0.2) is 4.79 Å². The molecule has 2 aliphatic carbocycles. The van der Waals surface area contributed by atoms with Crippen LogP contribution in [0, 0.1) is 22.7 Å². The molecule has 0 amide bonds. The highest BCUT2D eigenvalue weighted by molar-refractivity contribution is 5.90. The van der Waals surface area contributed by atoms with Gasteiger partial charge in [0.1, 0.15) is 31.0 Å². The van der Waals surface area contributed by atoms with Crippen LogP contribution in [-0.2, 0) is 23.8 Å². The fourth-order valence-electron chi connectivity index (χ4n) is 7.03. The van der Waals surface area contributed by atoms with Gasteiger partial charge in [0, 0.05) is 5.57 Å². The number of ether oxygens (including phenoxy) is 3. The lowest BCUT2D eigenvalue weighted by Crippen LogP contribution is -2.61. The summed E-state index contributed by atoms with van der Waals surface area (Å²) in [6, 6.07) is 0. The molecule has 4 N–H and O–H groups in total. The topological polar surface area (TPSA) is 143 Å². The Morgan fingerprint density at radius 1 is 1.20 bits per heavy atom. The molecule has 2 aliphatic heterocycles. The van der Waals surface area contributed by atoms with Crippen LogP contribution in [0.1, 0.15) is 58.8 Å². The average molecular weight is 495 g/mol. The maximum Gasteiger partial charge on any atom is 0.334 e. The van der Waals surface area contributed by atoms with Gasteiger partial charge < -0.3 is 34.6 Å². The summed E-state index contributed by atoms with van der Waals surface area (Å²) >= 11 is 0. The Hall–Kier alpha value is -1.78. The molecule has 2 heterocycles. The number of hydrogen-bond donors (Lipinski definition) is 4. The molecule has 9 heteroatoms. The zero-order chi connectivity index (χ0) is 25.5. The van der Waals surface area contributed by atoms with Crippen molar-refractivity contribution in [2.24, 2.45) is 22.7 Å². The van der Waals surface area contributed by atoms with Crippen LogP contribution in [0.25, 0.3) is 0 Å². The van der Waals surface area contributed by atoms with Gasteiger partial charge in [0.2, 0.25) is 6.29 Å². The molecule has 0 unspecified atom stereocenters. The Bertz CT molecular complexity index is 882. The van der Waals surface area contributed by atoms with Gasteiger partial charge in [0.25, 0.3) is 0 Å². The quantitative estimate of drug-likeness (QED) is 0.318. The van der Waals surface area contributed by atoms with E-state index in [0.29, 0.717) is 25.0 Å². The fourth-order valence-corrected chi connectivity index (χ4v) is 7.03. The lowest BCUT2D eigenvalue weighted by atomic mass is 9.46. The molecule has 2 saturated carbocycles. The molecule has 4 rings (SSSR count). The first-order chi connectivity index (χ1) is 16.5. The van der Waals surface area contributed by atoms with Gasteiger partial charge >= 0.3 is 11.9 Å². The number of aliphatic hydroxyl groups excluding tert-OH is 4. The molecule has 0 spiro atoms. The summed E-state index contributed by atoms with van der Waals surface area (Å²) in [5, 5.41) is 39.9. The predicted octanol–water partition coefficient (Wildman–Crippen LogP) is 1.37. The molecular formula is C26H38O9. The second kappa shape index (κ2) is 9.94. The van der Waals surface area contributed by atoms with Gasteiger partial charge in [0.15, 0.2) is 0 Å². The van der Waals surface area contributed by atoms with Crippen molar-refractivity contribution in [3.05, 3.63) is 23.8 Å². The van der Waals surface area contributed by atoms with Crippen LogP contribution in [0.2, 0.25) is 0 Å². The van der Waals surface area contributed by atoms with Crippen molar-refractivity contribution < 1.29 is 44.2 Å². The largest absolute Gasteiger partial charge is 0.458 e. The predicted molar refractivity (Wildman–Crippen MR) is 124 cm³/mol. The van der Waals surface area contributed by atoms with Crippen molar-refractivity contribution in [1.29, 1.82) is 0 Å². The molecule has 0 aromatic rings. The Labute approximate surface area is 205 Å². The number of esters is 2. The standard InChI is InChI=1S/C26H38O9/c1-14-5-8-18-25(2,16(14)7-6-15-9-12-33-22(15)31)10-4-11-26(18,3)24(32)35-23-21(30)20(29)19(28)17(13-27)34-23/h9,16-21,23,27-30H,1,4-8,10-13H2,2-3H3/t16-,17+,18+,19+,20-,21+,23-,25+,26+/m0/s1. The Morgan fingerprint density at radius 2 is 1.94 bits per heavy atom. The number of rotatable bonds is 6. The zero-order valence-corrected chi connectivity index (χ0v) is 20.5. The normalized spacial score (nSPS) is 43.8. The first-order valence-electron chi connectivity index (χ1n) is 12.6. The van der Waals surface area contributed by atoms with E-state index in [1.165, 1.54) is 0 Å². The van der Waals surface area contributed by atoms with E-state index >= 15 is 0 Å². The number of cyclic esters (lactones) is 1. The lowest BCUT2D eigenvalue weighted by Gasteiger charge is -2.58. The van der Waals surface area contributed by atoms with Gasteiger partial charge in [-0.1, -0.05) is 25.5 Å². The van der Waals surface area contributed by atoms with Gasteiger partial charge in [-0.05, 0) is 68.8 Å². The van der Waals surface area contributed by atoms with E-state index in [1.807, 2.05) is 13.0 Å².